The van der Waals surface area contributed by atoms with E-state index in [4.69, 9.17) is 0 Å². The van der Waals surface area contributed by atoms with Crippen LogP contribution in [0.1, 0.15) is 44.1 Å². The number of amides is 1. The number of rotatable bonds is 4. The molecule has 1 fully saturated rings. The topological polar surface area (TPSA) is 76.1 Å². The number of aromatic nitrogens is 1. The first-order valence-electron chi connectivity index (χ1n) is 7.74. The molecular weight excluding hydrogens is 345 g/mol. The number of pyridine rings is 1. The van der Waals surface area contributed by atoms with E-state index in [1.807, 2.05) is 0 Å². The van der Waals surface area contributed by atoms with Gasteiger partial charge in [-0.2, -0.15) is 13.2 Å². The number of carbonyl (C=O) groups excluding carboxylic acids is 1. The first kappa shape index (κ1) is 18.7. The van der Waals surface area contributed by atoms with Crippen LogP contribution in [0.4, 0.5) is 13.2 Å². The fourth-order valence-corrected chi connectivity index (χ4v) is 3.74. The van der Waals surface area contributed by atoms with Crippen LogP contribution in [0.2, 0.25) is 0 Å². The highest BCUT2D eigenvalue weighted by Gasteiger charge is 2.31. The van der Waals surface area contributed by atoms with Crippen molar-refractivity contribution >= 4 is 15.7 Å². The predicted molar refractivity (Wildman–Crippen MR) is 80.9 cm³/mol. The third kappa shape index (κ3) is 5.19. The minimum absolute atomic E-state index is 0.0456. The highest BCUT2D eigenvalue weighted by Crippen LogP contribution is 2.28. The lowest BCUT2D eigenvalue weighted by molar-refractivity contribution is -0.137. The summed E-state index contributed by atoms with van der Waals surface area (Å²) in [5, 5.41) is 2.16. The summed E-state index contributed by atoms with van der Waals surface area (Å²) in [5.74, 6) is -1.47. The molecule has 0 aromatic carbocycles. The summed E-state index contributed by atoms with van der Waals surface area (Å²) < 4.78 is 61.6. The first-order chi connectivity index (χ1) is 11.2. The third-order valence-corrected chi connectivity index (χ3v) is 5.44. The average molecular weight is 364 g/mol. The van der Waals surface area contributed by atoms with Crippen molar-refractivity contribution in [1.29, 1.82) is 0 Å². The van der Waals surface area contributed by atoms with E-state index in [0.29, 0.717) is 12.3 Å². The van der Waals surface area contributed by atoms with Crippen molar-refractivity contribution < 1.29 is 26.4 Å². The summed E-state index contributed by atoms with van der Waals surface area (Å²) >= 11 is 0. The second-order valence-electron chi connectivity index (χ2n) is 5.90. The van der Waals surface area contributed by atoms with Gasteiger partial charge < -0.3 is 5.32 Å². The van der Waals surface area contributed by atoms with E-state index >= 15 is 0 Å². The maximum Gasteiger partial charge on any atom is 0.417 e. The normalized spacial score (nSPS) is 17.3. The van der Waals surface area contributed by atoms with Crippen molar-refractivity contribution in [3.8, 4) is 0 Å². The SMILES string of the molecule is O=C(CS(=O)(=O)c1ccc(C(F)(F)F)cn1)NC1CCCCCC1. The van der Waals surface area contributed by atoms with Crippen molar-refractivity contribution in [3.63, 3.8) is 0 Å². The second kappa shape index (κ2) is 7.50. The lowest BCUT2D eigenvalue weighted by Crippen LogP contribution is -2.38. The number of nitrogens with one attached hydrogen (secondary N) is 1. The van der Waals surface area contributed by atoms with E-state index in [2.05, 4.69) is 10.3 Å². The van der Waals surface area contributed by atoms with Crippen molar-refractivity contribution in [1.82, 2.24) is 10.3 Å². The fourth-order valence-electron chi connectivity index (χ4n) is 2.67. The molecule has 24 heavy (non-hydrogen) atoms. The molecule has 0 atom stereocenters. The average Bonchev–Trinajstić information content (AvgIpc) is 2.74. The molecule has 1 amide bonds. The molecule has 134 valence electrons. The summed E-state index contributed by atoms with van der Waals surface area (Å²) in [5.41, 5.74) is -1.04. The monoisotopic (exact) mass is 364 g/mol. The van der Waals surface area contributed by atoms with E-state index < -0.39 is 38.3 Å². The molecule has 0 aliphatic heterocycles. The van der Waals surface area contributed by atoms with Crippen LogP contribution in [0.5, 0.6) is 0 Å². The molecule has 1 aromatic heterocycles. The predicted octanol–water partition coefficient (Wildman–Crippen LogP) is 2.71. The van der Waals surface area contributed by atoms with Gasteiger partial charge in [-0.25, -0.2) is 13.4 Å². The van der Waals surface area contributed by atoms with Gasteiger partial charge in [0.25, 0.3) is 0 Å². The molecule has 9 heteroatoms. The largest absolute Gasteiger partial charge is 0.417 e. The molecule has 1 aliphatic carbocycles. The summed E-state index contributed by atoms with van der Waals surface area (Å²) in [6.07, 6.45) is 1.65. The van der Waals surface area contributed by atoms with Gasteiger partial charge in [0, 0.05) is 12.2 Å². The number of alkyl halides is 3. The number of sulfone groups is 1. The van der Waals surface area contributed by atoms with Crippen LogP contribution in [0.3, 0.4) is 0 Å². The zero-order valence-electron chi connectivity index (χ0n) is 13.0. The lowest BCUT2D eigenvalue weighted by atomic mass is 10.1. The van der Waals surface area contributed by atoms with Gasteiger partial charge in [-0.15, -0.1) is 0 Å². The van der Waals surface area contributed by atoms with Crippen molar-refractivity contribution in [2.75, 3.05) is 5.75 Å². The minimum Gasteiger partial charge on any atom is -0.352 e. The molecule has 1 aromatic rings. The molecule has 0 saturated heterocycles. The Morgan fingerprint density at radius 3 is 2.29 bits per heavy atom. The minimum atomic E-state index is -4.59. The van der Waals surface area contributed by atoms with Crippen LogP contribution in [0.15, 0.2) is 23.4 Å². The zero-order chi connectivity index (χ0) is 17.8. The lowest BCUT2D eigenvalue weighted by Gasteiger charge is -2.16. The quantitative estimate of drug-likeness (QED) is 0.834. The summed E-state index contributed by atoms with van der Waals surface area (Å²) in [4.78, 5) is 15.3. The van der Waals surface area contributed by atoms with Gasteiger partial charge >= 0.3 is 6.18 Å². The maximum atomic E-state index is 12.5. The molecule has 0 spiro atoms. The van der Waals surface area contributed by atoms with E-state index in [1.165, 1.54) is 0 Å². The Bertz CT molecular complexity index is 664. The van der Waals surface area contributed by atoms with Crippen molar-refractivity contribution in [2.45, 2.75) is 55.8 Å². The Balaban J connectivity index is 2.00. The Morgan fingerprint density at radius 1 is 1.17 bits per heavy atom. The number of nitrogens with zero attached hydrogens (tertiary/aromatic N) is 1. The molecule has 0 bridgehead atoms. The van der Waals surface area contributed by atoms with Crippen LogP contribution < -0.4 is 5.32 Å². The van der Waals surface area contributed by atoms with Gasteiger partial charge in [0.2, 0.25) is 15.7 Å². The summed E-state index contributed by atoms with van der Waals surface area (Å²) in [7, 11) is -4.07. The van der Waals surface area contributed by atoms with Crippen LogP contribution in [0.25, 0.3) is 0 Å². The van der Waals surface area contributed by atoms with Gasteiger partial charge in [0.1, 0.15) is 5.75 Å². The van der Waals surface area contributed by atoms with E-state index in [9.17, 15) is 26.4 Å². The number of hydrogen-bond acceptors (Lipinski definition) is 4. The molecule has 0 unspecified atom stereocenters. The standard InChI is InChI=1S/C15H19F3N2O3S/c16-15(17,18)11-7-8-14(19-9-11)24(22,23)10-13(21)20-12-5-3-1-2-4-6-12/h7-9,12H,1-6,10H2,(H,20,21). The Morgan fingerprint density at radius 2 is 1.79 bits per heavy atom. The first-order valence-corrected chi connectivity index (χ1v) is 9.39. The number of carbonyl (C=O) groups is 1. The molecule has 2 rings (SSSR count). The number of hydrogen-bond donors (Lipinski definition) is 1. The van der Waals surface area contributed by atoms with Crippen molar-refractivity contribution in [2.24, 2.45) is 0 Å². The zero-order valence-corrected chi connectivity index (χ0v) is 13.8. The van der Waals surface area contributed by atoms with E-state index in [1.54, 1.807) is 0 Å². The van der Waals surface area contributed by atoms with Crippen LogP contribution in [0, 0.1) is 0 Å². The van der Waals surface area contributed by atoms with Gasteiger partial charge in [0.05, 0.1) is 5.56 Å². The maximum absolute atomic E-state index is 12.5. The van der Waals surface area contributed by atoms with Gasteiger partial charge in [-0.3, -0.25) is 4.79 Å². The smallest absolute Gasteiger partial charge is 0.352 e. The summed E-state index contributed by atoms with van der Waals surface area (Å²) in [6.45, 7) is 0. The van der Waals surface area contributed by atoms with Crippen LogP contribution in [-0.2, 0) is 20.8 Å². The van der Waals surface area contributed by atoms with Gasteiger partial charge in [-0.1, -0.05) is 25.7 Å². The van der Waals surface area contributed by atoms with E-state index in [-0.39, 0.29) is 6.04 Å². The van der Waals surface area contributed by atoms with Crippen LogP contribution >= 0.6 is 0 Å². The van der Waals surface area contributed by atoms with E-state index in [0.717, 1.165) is 44.6 Å². The fraction of sp³-hybridized carbons (Fsp3) is 0.600. The van der Waals surface area contributed by atoms with Crippen LogP contribution in [-0.4, -0.2) is 31.1 Å². The third-order valence-electron chi connectivity index (χ3n) is 3.92. The van der Waals surface area contributed by atoms with Gasteiger partial charge in [0.15, 0.2) is 5.03 Å². The highest BCUT2D eigenvalue weighted by molar-refractivity contribution is 7.92. The Hall–Kier alpha value is -1.64. The second-order valence-corrected chi connectivity index (χ2v) is 7.83. The molecule has 1 heterocycles. The van der Waals surface area contributed by atoms with Crippen molar-refractivity contribution in [3.05, 3.63) is 23.9 Å². The molecular formula is C15H19F3N2O3S. The molecule has 0 radical (unpaired) electrons. The molecule has 1 N–H and O–H groups in total. The summed E-state index contributed by atoms with van der Waals surface area (Å²) in [6, 6.07) is 1.37. The highest BCUT2D eigenvalue weighted by atomic mass is 32.2. The van der Waals surface area contributed by atoms with Gasteiger partial charge in [-0.05, 0) is 25.0 Å². The Kier molecular flexibility index (Phi) is 5.84. The Labute approximate surface area is 138 Å². The molecule has 1 aliphatic rings. The molecule has 1 saturated carbocycles. The number of halogens is 3. The molecule has 5 nitrogen and oxygen atoms in total.